The van der Waals surface area contributed by atoms with Crippen LogP contribution in [0.3, 0.4) is 0 Å². The zero-order valence-corrected chi connectivity index (χ0v) is 12.6. The van der Waals surface area contributed by atoms with E-state index in [1.54, 1.807) is 19.2 Å². The number of halogens is 2. The van der Waals surface area contributed by atoms with Crippen molar-refractivity contribution in [1.82, 2.24) is 0 Å². The fourth-order valence-electron chi connectivity index (χ4n) is 1.17. The maximum absolute atomic E-state index is 11.9. The van der Waals surface area contributed by atoms with Gasteiger partial charge in [0, 0.05) is 11.5 Å². The molecule has 3 nitrogen and oxygen atoms in total. The molecule has 17 heavy (non-hydrogen) atoms. The third-order valence-corrected chi connectivity index (χ3v) is 2.75. The van der Waals surface area contributed by atoms with Crippen LogP contribution in [0, 0.1) is 0 Å². The molecular formula is C12H15BrClNO2. The highest BCUT2D eigenvalue weighted by Gasteiger charge is 2.21. The van der Waals surface area contributed by atoms with Crippen molar-refractivity contribution in [2.24, 2.45) is 0 Å². The first-order chi connectivity index (χ1) is 7.70. The topological polar surface area (TPSA) is 29.5 Å². The van der Waals surface area contributed by atoms with Gasteiger partial charge in [-0.25, -0.2) is 4.79 Å². The molecule has 0 aliphatic carbocycles. The van der Waals surface area contributed by atoms with Crippen LogP contribution in [0.15, 0.2) is 22.7 Å². The molecule has 0 unspecified atom stereocenters. The van der Waals surface area contributed by atoms with Crippen molar-refractivity contribution in [3.05, 3.63) is 27.7 Å². The first-order valence-electron chi connectivity index (χ1n) is 5.12. The Morgan fingerprint density at radius 2 is 2.00 bits per heavy atom. The molecule has 1 aromatic rings. The Bertz CT molecular complexity index is 429. The van der Waals surface area contributed by atoms with Gasteiger partial charge in [-0.1, -0.05) is 27.5 Å². The third kappa shape index (κ3) is 4.21. The Labute approximate surface area is 115 Å². The standard InChI is InChI=1S/C12H15BrClNO2/c1-12(2,3)17-11(16)15(4)10-7-8(13)5-6-9(10)14/h5-7H,1-4H3. The minimum absolute atomic E-state index is 0.433. The number of carbonyl (C=O) groups excluding carboxylic acids is 1. The minimum atomic E-state index is -0.524. The lowest BCUT2D eigenvalue weighted by Gasteiger charge is -2.25. The molecule has 1 aromatic carbocycles. The van der Waals surface area contributed by atoms with Gasteiger partial charge in [-0.05, 0) is 39.0 Å². The number of amides is 1. The summed E-state index contributed by atoms with van der Waals surface area (Å²) < 4.78 is 6.12. The second-order valence-electron chi connectivity index (χ2n) is 4.64. The monoisotopic (exact) mass is 319 g/mol. The summed E-state index contributed by atoms with van der Waals surface area (Å²) in [6.45, 7) is 5.46. The van der Waals surface area contributed by atoms with Crippen molar-refractivity contribution in [2.75, 3.05) is 11.9 Å². The van der Waals surface area contributed by atoms with Crippen LogP contribution < -0.4 is 4.90 Å². The van der Waals surface area contributed by atoms with Crippen LogP contribution in [-0.2, 0) is 4.74 Å². The summed E-state index contributed by atoms with van der Waals surface area (Å²) in [5, 5.41) is 0.501. The molecule has 0 aromatic heterocycles. The van der Waals surface area contributed by atoms with E-state index >= 15 is 0 Å². The van der Waals surface area contributed by atoms with Gasteiger partial charge < -0.3 is 4.74 Å². The van der Waals surface area contributed by atoms with Gasteiger partial charge in [0.15, 0.2) is 0 Å². The summed E-state index contributed by atoms with van der Waals surface area (Å²) in [6, 6.07) is 5.31. The summed E-state index contributed by atoms with van der Waals surface area (Å²) in [5.74, 6) is 0. The molecule has 1 amide bonds. The number of anilines is 1. The molecular weight excluding hydrogens is 305 g/mol. The number of carbonyl (C=O) groups is 1. The minimum Gasteiger partial charge on any atom is -0.443 e. The Morgan fingerprint density at radius 1 is 1.41 bits per heavy atom. The van der Waals surface area contributed by atoms with Crippen molar-refractivity contribution < 1.29 is 9.53 Å². The molecule has 5 heteroatoms. The lowest BCUT2D eigenvalue weighted by Crippen LogP contribution is -2.34. The van der Waals surface area contributed by atoms with Gasteiger partial charge in [-0.3, -0.25) is 4.90 Å². The zero-order chi connectivity index (χ0) is 13.2. The van der Waals surface area contributed by atoms with Crippen LogP contribution >= 0.6 is 27.5 Å². The van der Waals surface area contributed by atoms with Crippen molar-refractivity contribution in [1.29, 1.82) is 0 Å². The second kappa shape index (κ2) is 5.27. The summed E-state index contributed by atoms with van der Waals surface area (Å²) in [7, 11) is 1.63. The van der Waals surface area contributed by atoms with Gasteiger partial charge in [0.2, 0.25) is 0 Å². The van der Waals surface area contributed by atoms with Gasteiger partial charge >= 0.3 is 6.09 Å². The molecule has 94 valence electrons. The van der Waals surface area contributed by atoms with Gasteiger partial charge in [0.25, 0.3) is 0 Å². The predicted octanol–water partition coefficient (Wildman–Crippen LogP) is 4.47. The van der Waals surface area contributed by atoms with Gasteiger partial charge in [0.1, 0.15) is 5.60 Å². The molecule has 0 saturated heterocycles. The molecule has 0 saturated carbocycles. The smallest absolute Gasteiger partial charge is 0.414 e. The van der Waals surface area contributed by atoms with Crippen LogP contribution in [0.5, 0.6) is 0 Å². The number of rotatable bonds is 1. The number of ether oxygens (including phenoxy) is 1. The fraction of sp³-hybridized carbons (Fsp3) is 0.417. The van der Waals surface area contributed by atoms with E-state index in [1.165, 1.54) is 4.90 Å². The Morgan fingerprint density at radius 3 is 2.53 bits per heavy atom. The molecule has 0 atom stereocenters. The molecule has 1 rings (SSSR count). The van der Waals surface area contributed by atoms with E-state index in [4.69, 9.17) is 16.3 Å². The molecule has 0 radical (unpaired) electrons. The number of benzene rings is 1. The maximum Gasteiger partial charge on any atom is 0.414 e. The molecule has 0 heterocycles. The highest BCUT2D eigenvalue weighted by molar-refractivity contribution is 9.10. The Kier molecular flexibility index (Phi) is 4.44. The van der Waals surface area contributed by atoms with Crippen LogP contribution in [0.4, 0.5) is 10.5 Å². The SMILES string of the molecule is CN(C(=O)OC(C)(C)C)c1cc(Br)ccc1Cl. The van der Waals surface area contributed by atoms with E-state index in [0.717, 1.165) is 4.47 Å². The van der Waals surface area contributed by atoms with Crippen LogP contribution in [0.2, 0.25) is 5.02 Å². The van der Waals surface area contributed by atoms with E-state index in [9.17, 15) is 4.79 Å². The number of hydrogen-bond acceptors (Lipinski definition) is 2. The fourth-order valence-corrected chi connectivity index (χ4v) is 1.76. The molecule has 0 bridgehead atoms. The second-order valence-corrected chi connectivity index (χ2v) is 5.96. The van der Waals surface area contributed by atoms with Crippen LogP contribution in [0.25, 0.3) is 0 Å². The first kappa shape index (κ1) is 14.3. The summed E-state index contributed by atoms with van der Waals surface area (Å²) in [6.07, 6.45) is -0.433. The van der Waals surface area contributed by atoms with Crippen molar-refractivity contribution in [3.63, 3.8) is 0 Å². The Balaban J connectivity index is 2.92. The lowest BCUT2D eigenvalue weighted by molar-refractivity contribution is 0.0589. The highest BCUT2D eigenvalue weighted by Crippen LogP contribution is 2.29. The molecule has 0 aliphatic rings. The van der Waals surface area contributed by atoms with E-state index in [0.29, 0.717) is 10.7 Å². The number of nitrogens with zero attached hydrogens (tertiary/aromatic N) is 1. The molecule has 0 N–H and O–H groups in total. The molecule has 0 aliphatic heterocycles. The van der Waals surface area contributed by atoms with Crippen LogP contribution in [-0.4, -0.2) is 18.7 Å². The van der Waals surface area contributed by atoms with Gasteiger partial charge in [0.05, 0.1) is 10.7 Å². The normalized spacial score (nSPS) is 11.2. The average Bonchev–Trinajstić information content (AvgIpc) is 2.18. The van der Waals surface area contributed by atoms with Crippen molar-refractivity contribution >= 4 is 39.3 Å². The summed E-state index contributed by atoms with van der Waals surface area (Å²) >= 11 is 9.37. The van der Waals surface area contributed by atoms with E-state index in [-0.39, 0.29) is 0 Å². The first-order valence-corrected chi connectivity index (χ1v) is 6.29. The molecule has 0 fully saturated rings. The maximum atomic E-state index is 11.9. The summed E-state index contributed by atoms with van der Waals surface area (Å²) in [5.41, 5.74) is 0.0828. The highest BCUT2D eigenvalue weighted by atomic mass is 79.9. The third-order valence-electron chi connectivity index (χ3n) is 1.94. The van der Waals surface area contributed by atoms with Crippen molar-refractivity contribution in [3.8, 4) is 0 Å². The average molecular weight is 321 g/mol. The van der Waals surface area contributed by atoms with Gasteiger partial charge in [-0.2, -0.15) is 0 Å². The summed E-state index contributed by atoms with van der Waals surface area (Å²) in [4.78, 5) is 13.2. The quantitative estimate of drug-likeness (QED) is 0.764. The van der Waals surface area contributed by atoms with Crippen molar-refractivity contribution in [2.45, 2.75) is 26.4 Å². The Hall–Kier alpha value is -0.740. The molecule has 0 spiro atoms. The lowest BCUT2D eigenvalue weighted by atomic mass is 10.2. The van der Waals surface area contributed by atoms with Gasteiger partial charge in [-0.15, -0.1) is 0 Å². The van der Waals surface area contributed by atoms with Crippen LogP contribution in [0.1, 0.15) is 20.8 Å². The number of hydrogen-bond donors (Lipinski definition) is 0. The predicted molar refractivity (Wildman–Crippen MR) is 73.8 cm³/mol. The van der Waals surface area contributed by atoms with E-state index < -0.39 is 11.7 Å². The van der Waals surface area contributed by atoms with E-state index in [1.807, 2.05) is 26.8 Å². The van der Waals surface area contributed by atoms with E-state index in [2.05, 4.69) is 15.9 Å². The largest absolute Gasteiger partial charge is 0.443 e. The zero-order valence-electron chi connectivity index (χ0n) is 10.3.